The average molecular weight is 320 g/mol. The quantitative estimate of drug-likeness (QED) is 0.906. The Morgan fingerprint density at radius 2 is 2.05 bits per heavy atom. The first kappa shape index (κ1) is 13.5. The fraction of sp³-hybridized carbons (Fsp3) is 0.143. The lowest BCUT2D eigenvalue weighted by molar-refractivity contribution is 0.102. The van der Waals surface area contributed by atoms with Crippen molar-refractivity contribution < 1.29 is 4.79 Å². The normalized spacial score (nSPS) is 10.0. The minimum Gasteiger partial charge on any atom is -0.385 e. The van der Waals surface area contributed by atoms with Gasteiger partial charge < -0.3 is 10.6 Å². The predicted molar refractivity (Wildman–Crippen MR) is 80.5 cm³/mol. The Balaban J connectivity index is 2.18. The van der Waals surface area contributed by atoms with Crippen molar-refractivity contribution in [2.45, 2.75) is 6.92 Å². The van der Waals surface area contributed by atoms with E-state index in [1.54, 1.807) is 18.3 Å². The molecular weight excluding hydrogens is 306 g/mol. The lowest BCUT2D eigenvalue weighted by atomic mass is 10.1. The third-order valence-corrected chi connectivity index (χ3v) is 2.98. The molecule has 0 aliphatic heterocycles. The third kappa shape index (κ3) is 3.54. The minimum atomic E-state index is -0.175. The summed E-state index contributed by atoms with van der Waals surface area (Å²) in [6.45, 7) is 2.76. The molecule has 2 aromatic rings. The van der Waals surface area contributed by atoms with Crippen molar-refractivity contribution >= 4 is 33.3 Å². The molecule has 0 radical (unpaired) electrons. The van der Waals surface area contributed by atoms with E-state index < -0.39 is 0 Å². The topological polar surface area (TPSA) is 54.0 Å². The number of nitrogens with zero attached hydrogens (tertiary/aromatic N) is 1. The number of hydrogen-bond acceptors (Lipinski definition) is 3. The van der Waals surface area contributed by atoms with Gasteiger partial charge >= 0.3 is 0 Å². The molecule has 2 N–H and O–H groups in total. The predicted octanol–water partition coefficient (Wildman–Crippen LogP) is 3.53. The summed E-state index contributed by atoms with van der Waals surface area (Å²) in [5, 5.41) is 5.94. The van der Waals surface area contributed by atoms with Gasteiger partial charge in [0.25, 0.3) is 5.91 Å². The fourth-order valence-electron chi connectivity index (χ4n) is 1.66. The standard InChI is InChI=1S/C14H14BrN3O/c1-2-16-12-6-4-3-5-11(12)14(19)18-13-8-7-10(15)9-17-13/h3-9,16H,2H2,1H3,(H,17,18,19). The van der Waals surface area contributed by atoms with Crippen LogP contribution in [0.3, 0.4) is 0 Å². The van der Waals surface area contributed by atoms with Crippen molar-refractivity contribution in [2.75, 3.05) is 17.2 Å². The molecule has 0 aliphatic rings. The van der Waals surface area contributed by atoms with Gasteiger partial charge in [-0.1, -0.05) is 12.1 Å². The summed E-state index contributed by atoms with van der Waals surface area (Å²) in [6, 6.07) is 11.0. The van der Waals surface area contributed by atoms with Gasteiger partial charge in [-0.15, -0.1) is 0 Å². The van der Waals surface area contributed by atoms with Crippen LogP contribution in [0.15, 0.2) is 47.1 Å². The van der Waals surface area contributed by atoms with Crippen LogP contribution in [0.2, 0.25) is 0 Å². The number of nitrogens with one attached hydrogen (secondary N) is 2. The van der Waals surface area contributed by atoms with Gasteiger partial charge in [0, 0.05) is 22.9 Å². The number of amides is 1. The fourth-order valence-corrected chi connectivity index (χ4v) is 1.89. The van der Waals surface area contributed by atoms with Crippen molar-refractivity contribution in [3.63, 3.8) is 0 Å². The highest BCUT2D eigenvalue weighted by Crippen LogP contribution is 2.17. The molecule has 0 spiro atoms. The van der Waals surface area contributed by atoms with E-state index in [1.165, 1.54) is 0 Å². The van der Waals surface area contributed by atoms with Gasteiger partial charge in [0.05, 0.1) is 5.56 Å². The van der Waals surface area contributed by atoms with E-state index in [2.05, 4.69) is 31.5 Å². The van der Waals surface area contributed by atoms with Crippen LogP contribution in [0.4, 0.5) is 11.5 Å². The molecule has 5 heteroatoms. The molecular formula is C14H14BrN3O. The first-order chi connectivity index (χ1) is 9.20. The zero-order valence-electron chi connectivity index (χ0n) is 10.5. The lowest BCUT2D eigenvalue weighted by Gasteiger charge is -2.10. The molecule has 19 heavy (non-hydrogen) atoms. The van der Waals surface area contributed by atoms with Crippen LogP contribution >= 0.6 is 15.9 Å². The van der Waals surface area contributed by atoms with Crippen LogP contribution in [0, 0.1) is 0 Å². The highest BCUT2D eigenvalue weighted by atomic mass is 79.9. The van der Waals surface area contributed by atoms with Crippen molar-refractivity contribution in [3.05, 3.63) is 52.6 Å². The Morgan fingerprint density at radius 1 is 1.26 bits per heavy atom. The van der Waals surface area contributed by atoms with E-state index in [0.717, 1.165) is 16.7 Å². The Morgan fingerprint density at radius 3 is 2.74 bits per heavy atom. The summed E-state index contributed by atoms with van der Waals surface area (Å²) in [5.41, 5.74) is 1.42. The Kier molecular flexibility index (Phi) is 4.52. The molecule has 2 rings (SSSR count). The first-order valence-electron chi connectivity index (χ1n) is 5.96. The van der Waals surface area contributed by atoms with Gasteiger partial charge in [-0.05, 0) is 47.1 Å². The number of pyridine rings is 1. The number of carbonyl (C=O) groups excluding carboxylic acids is 1. The number of rotatable bonds is 4. The van der Waals surface area contributed by atoms with E-state index in [0.29, 0.717) is 11.4 Å². The molecule has 1 amide bonds. The van der Waals surface area contributed by atoms with Gasteiger partial charge in [-0.2, -0.15) is 0 Å². The van der Waals surface area contributed by atoms with Gasteiger partial charge in [-0.3, -0.25) is 4.79 Å². The van der Waals surface area contributed by atoms with Crippen LogP contribution in [0.5, 0.6) is 0 Å². The largest absolute Gasteiger partial charge is 0.385 e. The molecule has 98 valence electrons. The summed E-state index contributed by atoms with van der Waals surface area (Å²) in [5.74, 6) is 0.353. The lowest BCUT2D eigenvalue weighted by Crippen LogP contribution is -2.15. The number of para-hydroxylation sites is 1. The van der Waals surface area contributed by atoms with E-state index in [-0.39, 0.29) is 5.91 Å². The summed E-state index contributed by atoms with van der Waals surface area (Å²) in [6.07, 6.45) is 1.64. The maximum Gasteiger partial charge on any atom is 0.258 e. The molecule has 0 fully saturated rings. The summed E-state index contributed by atoms with van der Waals surface area (Å²) in [7, 11) is 0. The first-order valence-corrected chi connectivity index (χ1v) is 6.76. The van der Waals surface area contributed by atoms with Crippen molar-refractivity contribution in [3.8, 4) is 0 Å². The molecule has 0 aliphatic carbocycles. The molecule has 0 unspecified atom stereocenters. The zero-order valence-corrected chi connectivity index (χ0v) is 12.1. The van der Waals surface area contributed by atoms with Crippen LogP contribution < -0.4 is 10.6 Å². The van der Waals surface area contributed by atoms with Crippen LogP contribution in [0.25, 0.3) is 0 Å². The smallest absolute Gasteiger partial charge is 0.258 e. The Bertz CT molecular complexity index is 569. The second-order valence-corrected chi connectivity index (χ2v) is 4.81. The molecule has 0 saturated carbocycles. The average Bonchev–Trinajstić information content (AvgIpc) is 2.42. The van der Waals surface area contributed by atoms with Gasteiger partial charge in [0.1, 0.15) is 5.82 Å². The Labute approximate surface area is 120 Å². The van der Waals surface area contributed by atoms with Crippen LogP contribution in [0.1, 0.15) is 17.3 Å². The summed E-state index contributed by atoms with van der Waals surface area (Å²) < 4.78 is 0.874. The Hall–Kier alpha value is -1.88. The van der Waals surface area contributed by atoms with Gasteiger partial charge in [0.2, 0.25) is 0 Å². The molecule has 1 heterocycles. The van der Waals surface area contributed by atoms with E-state index >= 15 is 0 Å². The van der Waals surface area contributed by atoms with Crippen molar-refractivity contribution in [2.24, 2.45) is 0 Å². The zero-order chi connectivity index (χ0) is 13.7. The number of hydrogen-bond donors (Lipinski definition) is 2. The highest BCUT2D eigenvalue weighted by Gasteiger charge is 2.10. The number of benzene rings is 1. The van der Waals surface area contributed by atoms with Crippen molar-refractivity contribution in [1.29, 1.82) is 0 Å². The number of anilines is 2. The minimum absolute atomic E-state index is 0.175. The molecule has 1 aromatic carbocycles. The van der Waals surface area contributed by atoms with Crippen LogP contribution in [-0.2, 0) is 0 Å². The summed E-state index contributed by atoms with van der Waals surface area (Å²) >= 11 is 3.30. The summed E-state index contributed by atoms with van der Waals surface area (Å²) in [4.78, 5) is 16.3. The molecule has 1 aromatic heterocycles. The maximum atomic E-state index is 12.2. The molecule has 0 bridgehead atoms. The SMILES string of the molecule is CCNc1ccccc1C(=O)Nc1ccc(Br)cn1. The molecule has 4 nitrogen and oxygen atoms in total. The van der Waals surface area contributed by atoms with Gasteiger partial charge in [0.15, 0.2) is 0 Å². The van der Waals surface area contributed by atoms with Gasteiger partial charge in [-0.25, -0.2) is 4.98 Å². The molecule has 0 atom stereocenters. The van der Waals surface area contributed by atoms with Crippen LogP contribution in [-0.4, -0.2) is 17.4 Å². The third-order valence-electron chi connectivity index (χ3n) is 2.51. The van der Waals surface area contributed by atoms with E-state index in [9.17, 15) is 4.79 Å². The number of aromatic nitrogens is 1. The number of carbonyl (C=O) groups is 1. The van der Waals surface area contributed by atoms with Crippen molar-refractivity contribution in [1.82, 2.24) is 4.98 Å². The number of halogens is 1. The molecule has 0 saturated heterocycles. The second-order valence-electron chi connectivity index (χ2n) is 3.89. The van der Waals surface area contributed by atoms with E-state index in [1.807, 2.05) is 31.2 Å². The van der Waals surface area contributed by atoms with E-state index in [4.69, 9.17) is 0 Å². The second kappa shape index (κ2) is 6.33. The monoisotopic (exact) mass is 319 g/mol. The highest BCUT2D eigenvalue weighted by molar-refractivity contribution is 9.10. The maximum absolute atomic E-state index is 12.2.